The zero-order valence-electron chi connectivity index (χ0n) is 23.6. The molecule has 6 nitrogen and oxygen atoms in total. The van der Waals surface area contributed by atoms with E-state index < -0.39 is 16.5 Å². The molecule has 2 aromatic carbocycles. The topological polar surface area (TPSA) is 68.2 Å². The lowest BCUT2D eigenvalue weighted by Gasteiger charge is -2.43. The number of anilines is 1. The Balaban J connectivity index is 1.60. The molecule has 3 aliphatic rings. The predicted molar refractivity (Wildman–Crippen MR) is 163 cm³/mol. The molecule has 5 atom stereocenters. The SMILES string of the molecule is CC[C@H]1C/C=C/[C@H](OC)[C@@H]2CC[C@H]2CN2Cc3ccc(Cl)cc3CCCCOc3ccc(cc32)C(=O)/N=[SH](=O)\C1. The summed E-state index contributed by atoms with van der Waals surface area (Å²) in [7, 11) is -0.201. The van der Waals surface area contributed by atoms with Crippen LogP contribution in [0.5, 0.6) is 5.75 Å². The lowest BCUT2D eigenvalue weighted by Crippen LogP contribution is -2.43. The number of carbonyl (C=O) groups excluding carboxylic acids is 1. The first-order valence-electron chi connectivity index (χ1n) is 14.6. The first-order chi connectivity index (χ1) is 19.4. The fourth-order valence-electron chi connectivity index (χ4n) is 6.18. The highest BCUT2D eigenvalue weighted by Crippen LogP contribution is 2.42. The summed E-state index contributed by atoms with van der Waals surface area (Å²) >= 11 is 6.41. The summed E-state index contributed by atoms with van der Waals surface area (Å²) < 4.78 is 29.4. The van der Waals surface area contributed by atoms with Crippen LogP contribution in [0, 0.1) is 17.8 Å². The number of allylic oxidation sites excluding steroid dienone is 1. The van der Waals surface area contributed by atoms with Crippen molar-refractivity contribution in [1.29, 1.82) is 0 Å². The van der Waals surface area contributed by atoms with Gasteiger partial charge in [0.2, 0.25) is 0 Å². The number of aryl methyl sites for hydroxylation is 1. The van der Waals surface area contributed by atoms with Crippen LogP contribution in [0.25, 0.3) is 0 Å². The first kappa shape index (κ1) is 29.2. The number of rotatable bonds is 2. The van der Waals surface area contributed by atoms with Gasteiger partial charge in [-0.05, 0) is 97.7 Å². The number of nitrogens with zero attached hydrogens (tertiary/aromatic N) is 2. The molecule has 0 radical (unpaired) electrons. The number of hydrogen-bond acceptors (Lipinski definition) is 5. The number of amides is 1. The van der Waals surface area contributed by atoms with E-state index in [2.05, 4.69) is 40.5 Å². The quantitative estimate of drug-likeness (QED) is 0.307. The summed E-state index contributed by atoms with van der Waals surface area (Å²) in [6.07, 6.45) is 11.2. The van der Waals surface area contributed by atoms with Gasteiger partial charge in [-0.1, -0.05) is 43.2 Å². The Morgan fingerprint density at radius 3 is 2.80 bits per heavy atom. The third kappa shape index (κ3) is 6.92. The Bertz CT molecular complexity index is 1320. The van der Waals surface area contributed by atoms with Crippen molar-refractivity contribution in [3.63, 3.8) is 0 Å². The van der Waals surface area contributed by atoms with Gasteiger partial charge >= 0.3 is 0 Å². The average Bonchev–Trinajstić information content (AvgIpc) is 2.96. The molecule has 2 bridgehead atoms. The zero-order chi connectivity index (χ0) is 28.1. The minimum atomic E-state index is -2.00. The Morgan fingerprint density at radius 2 is 2.02 bits per heavy atom. The Morgan fingerprint density at radius 1 is 1.15 bits per heavy atom. The Labute approximate surface area is 245 Å². The maximum atomic E-state index is 13.2. The van der Waals surface area contributed by atoms with Crippen molar-refractivity contribution >= 4 is 33.8 Å². The number of thiol groups is 1. The van der Waals surface area contributed by atoms with E-state index in [0.717, 1.165) is 68.0 Å². The minimum absolute atomic E-state index is 0.0428. The lowest BCUT2D eigenvalue weighted by atomic mass is 9.70. The van der Waals surface area contributed by atoms with Crippen LogP contribution in [0.1, 0.15) is 66.9 Å². The molecule has 1 aliphatic carbocycles. The number of halogens is 1. The summed E-state index contributed by atoms with van der Waals surface area (Å²) in [5.74, 6) is 1.82. The van der Waals surface area contributed by atoms with Crippen molar-refractivity contribution in [3.05, 3.63) is 70.3 Å². The molecule has 2 aromatic rings. The highest BCUT2D eigenvalue weighted by molar-refractivity contribution is 7.75. The molecule has 5 rings (SSSR count). The average molecular weight is 585 g/mol. The molecule has 2 aliphatic heterocycles. The fraction of sp³-hybridized carbons (Fsp3) is 0.531. The van der Waals surface area contributed by atoms with Crippen LogP contribution in [0.3, 0.4) is 0 Å². The molecule has 0 spiro atoms. The van der Waals surface area contributed by atoms with Crippen molar-refractivity contribution in [3.8, 4) is 5.75 Å². The first-order valence-corrected chi connectivity index (χ1v) is 16.4. The summed E-state index contributed by atoms with van der Waals surface area (Å²) in [5, 5.41) is 0.751. The molecule has 1 amide bonds. The lowest BCUT2D eigenvalue weighted by molar-refractivity contribution is 0.0133. The van der Waals surface area contributed by atoms with Crippen molar-refractivity contribution in [1.82, 2.24) is 0 Å². The maximum Gasteiger partial charge on any atom is 0.284 e. The second-order valence-corrected chi connectivity index (χ2v) is 13.1. The van der Waals surface area contributed by atoms with E-state index in [0.29, 0.717) is 36.3 Å². The van der Waals surface area contributed by atoms with Gasteiger partial charge < -0.3 is 14.4 Å². The standard InChI is InChI=1S/C32H41ClN2O4S/c1-3-22-7-6-9-30(38-2)28-14-11-26(28)20-35-19-25-10-13-27(33)17-23(25)8-4-5-16-39-31-15-12-24(18-29(31)35)32(36)34-40(37)21-22/h6,9-10,12-13,15,17-18,22,26,28,30,40H,3-5,7-8,11,14,16,19-21H2,1-2H3/b9-6+/t22-,26-,28+,30-/m0/s1. The molecular weight excluding hydrogens is 544 g/mol. The second kappa shape index (κ2) is 13.5. The van der Waals surface area contributed by atoms with Gasteiger partial charge in [-0.25, -0.2) is 0 Å². The maximum absolute atomic E-state index is 13.2. The van der Waals surface area contributed by atoms with E-state index in [1.54, 1.807) is 13.2 Å². The largest absolute Gasteiger partial charge is 0.491 e. The number of carbonyl (C=O) groups is 1. The third-order valence-electron chi connectivity index (χ3n) is 8.79. The summed E-state index contributed by atoms with van der Waals surface area (Å²) in [6.45, 7) is 4.19. The molecule has 8 heteroatoms. The Kier molecular flexibility index (Phi) is 9.87. The smallest absolute Gasteiger partial charge is 0.284 e. The summed E-state index contributed by atoms with van der Waals surface area (Å²) in [5.41, 5.74) is 3.83. The Hall–Kier alpha value is -2.35. The highest BCUT2D eigenvalue weighted by Gasteiger charge is 2.38. The molecule has 216 valence electrons. The van der Waals surface area contributed by atoms with E-state index >= 15 is 0 Å². The van der Waals surface area contributed by atoms with Gasteiger partial charge in [0.25, 0.3) is 5.91 Å². The molecule has 0 aromatic heterocycles. The number of benzene rings is 2. The molecule has 2 heterocycles. The minimum Gasteiger partial charge on any atom is -0.491 e. The van der Waals surface area contributed by atoms with Gasteiger partial charge in [-0.2, -0.15) is 4.36 Å². The van der Waals surface area contributed by atoms with E-state index in [-0.39, 0.29) is 12.0 Å². The van der Waals surface area contributed by atoms with Crippen LogP contribution in [-0.4, -0.2) is 42.2 Å². The number of hydrogen-bond donors (Lipinski definition) is 1. The van der Waals surface area contributed by atoms with Gasteiger partial charge in [0.05, 0.1) is 18.4 Å². The molecule has 1 fully saturated rings. The van der Waals surface area contributed by atoms with Crippen molar-refractivity contribution < 1.29 is 18.5 Å². The molecule has 1 unspecified atom stereocenters. The van der Waals surface area contributed by atoms with E-state index in [1.165, 1.54) is 11.1 Å². The predicted octanol–water partition coefficient (Wildman–Crippen LogP) is 6.89. The van der Waals surface area contributed by atoms with Gasteiger partial charge in [0.1, 0.15) is 5.75 Å². The second-order valence-electron chi connectivity index (χ2n) is 11.4. The fourth-order valence-corrected chi connectivity index (χ4v) is 7.63. The summed E-state index contributed by atoms with van der Waals surface area (Å²) in [6, 6.07) is 11.7. The normalized spacial score (nSPS) is 28.9. The van der Waals surface area contributed by atoms with Gasteiger partial charge in [-0.15, -0.1) is 0 Å². The molecule has 0 saturated heterocycles. The third-order valence-corrected chi connectivity index (χ3v) is 10.3. The highest BCUT2D eigenvalue weighted by atomic mass is 35.5. The van der Waals surface area contributed by atoms with Crippen molar-refractivity contribution in [2.45, 2.75) is 64.5 Å². The van der Waals surface area contributed by atoms with Crippen LogP contribution >= 0.6 is 11.6 Å². The molecular formula is C32H41ClN2O4S. The van der Waals surface area contributed by atoms with Crippen LogP contribution in [0.2, 0.25) is 5.02 Å². The van der Waals surface area contributed by atoms with E-state index in [9.17, 15) is 9.00 Å². The zero-order valence-corrected chi connectivity index (χ0v) is 25.2. The summed E-state index contributed by atoms with van der Waals surface area (Å²) in [4.78, 5) is 15.6. The van der Waals surface area contributed by atoms with Gasteiger partial charge in [-0.3, -0.25) is 9.00 Å². The van der Waals surface area contributed by atoms with Crippen LogP contribution < -0.4 is 9.64 Å². The monoisotopic (exact) mass is 584 g/mol. The van der Waals surface area contributed by atoms with Gasteiger partial charge in [0, 0.05) is 47.1 Å². The number of fused-ring (bicyclic) bond motifs is 3. The van der Waals surface area contributed by atoms with Crippen LogP contribution in [-0.2, 0) is 28.3 Å². The van der Waals surface area contributed by atoms with Crippen molar-refractivity contribution in [2.24, 2.45) is 22.1 Å². The number of methoxy groups -OCH3 is 1. The van der Waals surface area contributed by atoms with E-state index in [4.69, 9.17) is 21.1 Å². The molecule has 40 heavy (non-hydrogen) atoms. The number of ether oxygens (including phenoxy) is 2. The van der Waals surface area contributed by atoms with Crippen LogP contribution in [0.15, 0.2) is 52.9 Å². The van der Waals surface area contributed by atoms with Gasteiger partial charge in [0.15, 0.2) is 0 Å². The van der Waals surface area contributed by atoms with E-state index in [1.807, 2.05) is 18.2 Å². The van der Waals surface area contributed by atoms with Crippen LogP contribution in [0.4, 0.5) is 5.69 Å². The molecule has 1 saturated carbocycles. The molecule has 0 N–H and O–H groups in total. The van der Waals surface area contributed by atoms with Crippen molar-refractivity contribution in [2.75, 3.05) is 30.9 Å².